The van der Waals surface area contributed by atoms with E-state index >= 15 is 0 Å². The summed E-state index contributed by atoms with van der Waals surface area (Å²) >= 11 is 1.07. The average molecular weight is 436 g/mol. The molecular weight excluding hydrogens is 419 g/mol. The predicted octanol–water partition coefficient (Wildman–Crippen LogP) is 3.98. The molecule has 0 aliphatic heterocycles. The second kappa shape index (κ2) is 8.30. The highest BCUT2D eigenvalue weighted by atomic mass is 32.2. The van der Waals surface area contributed by atoms with Crippen molar-refractivity contribution < 1.29 is 31.9 Å². The van der Waals surface area contributed by atoms with Gasteiger partial charge in [-0.15, -0.1) is 11.3 Å². The number of fused-ring (bicyclic) bond motifs is 1. The highest BCUT2D eigenvalue weighted by Gasteiger charge is 2.23. The van der Waals surface area contributed by atoms with E-state index in [1.54, 1.807) is 13.0 Å². The Hall–Kier alpha value is -2.78. The molecule has 3 aromatic rings. The van der Waals surface area contributed by atoms with Gasteiger partial charge in [0.2, 0.25) is 0 Å². The summed E-state index contributed by atoms with van der Waals surface area (Å²) in [4.78, 5) is 24.9. The molecular formula is C20H17FO6S2. The van der Waals surface area contributed by atoms with Gasteiger partial charge >= 0.3 is 11.9 Å². The summed E-state index contributed by atoms with van der Waals surface area (Å²) in [5.74, 6) is -1.87. The molecule has 6 nitrogen and oxygen atoms in total. The first-order valence-electron chi connectivity index (χ1n) is 8.56. The van der Waals surface area contributed by atoms with Crippen molar-refractivity contribution in [2.45, 2.75) is 18.4 Å². The molecule has 2 aromatic carbocycles. The first-order valence-corrected chi connectivity index (χ1v) is 11.3. The molecule has 9 heteroatoms. The minimum absolute atomic E-state index is 0.0737. The van der Waals surface area contributed by atoms with E-state index in [1.165, 1.54) is 36.4 Å². The van der Waals surface area contributed by atoms with Crippen LogP contribution >= 0.6 is 11.3 Å². The Bertz CT molecular complexity index is 1180. The van der Waals surface area contributed by atoms with Crippen molar-refractivity contribution in [2.24, 2.45) is 0 Å². The molecule has 3 rings (SSSR count). The topological polar surface area (TPSA) is 86.7 Å². The summed E-state index contributed by atoms with van der Waals surface area (Å²) in [6.45, 7) is 1.48. The molecule has 0 fully saturated rings. The Morgan fingerprint density at radius 1 is 1.03 bits per heavy atom. The molecule has 0 spiro atoms. The zero-order valence-electron chi connectivity index (χ0n) is 15.6. The molecule has 0 amide bonds. The molecule has 0 saturated heterocycles. The monoisotopic (exact) mass is 436 g/mol. The van der Waals surface area contributed by atoms with Gasteiger partial charge in [-0.2, -0.15) is 0 Å². The Kier molecular flexibility index (Phi) is 5.99. The van der Waals surface area contributed by atoms with Gasteiger partial charge in [0.25, 0.3) is 0 Å². The Balaban J connectivity index is 1.88. The number of rotatable bonds is 6. The van der Waals surface area contributed by atoms with E-state index in [9.17, 15) is 22.4 Å². The smallest absolute Gasteiger partial charge is 0.348 e. The number of benzene rings is 2. The largest absolute Gasteiger partial charge is 0.462 e. The molecule has 1 heterocycles. The second-order valence-electron chi connectivity index (χ2n) is 6.12. The minimum atomic E-state index is -3.39. The normalized spacial score (nSPS) is 11.4. The van der Waals surface area contributed by atoms with E-state index in [4.69, 9.17) is 9.47 Å². The fourth-order valence-electron chi connectivity index (χ4n) is 2.73. The van der Waals surface area contributed by atoms with Crippen LogP contribution in [0.25, 0.3) is 10.1 Å². The van der Waals surface area contributed by atoms with Crippen molar-refractivity contribution in [3.63, 3.8) is 0 Å². The number of hydrogen-bond acceptors (Lipinski definition) is 7. The van der Waals surface area contributed by atoms with E-state index in [2.05, 4.69) is 0 Å². The molecule has 0 bridgehead atoms. The summed E-state index contributed by atoms with van der Waals surface area (Å²) in [7, 11) is -3.39. The lowest BCUT2D eigenvalue weighted by atomic mass is 10.1. The number of carbonyl (C=O) groups is 2. The van der Waals surface area contributed by atoms with E-state index in [1.807, 2.05) is 0 Å². The number of ether oxygens (including phenoxy) is 2. The number of hydrogen-bond donors (Lipinski definition) is 0. The average Bonchev–Trinajstić information content (AvgIpc) is 3.06. The van der Waals surface area contributed by atoms with Crippen LogP contribution in [0.2, 0.25) is 0 Å². The van der Waals surface area contributed by atoms with Crippen LogP contribution < -0.4 is 0 Å². The quantitative estimate of drug-likeness (QED) is 0.544. The third kappa shape index (κ3) is 4.46. The van der Waals surface area contributed by atoms with Gasteiger partial charge in [0.05, 0.1) is 17.1 Å². The Labute approximate surface area is 170 Å². The number of thiophene rings is 1. The van der Waals surface area contributed by atoms with Crippen LogP contribution in [-0.4, -0.2) is 33.2 Å². The summed E-state index contributed by atoms with van der Waals surface area (Å²) in [5, 5.41) is 0.209. The SMILES string of the molecule is CCOC(=O)c1sc2cccc(F)c2c1COC(=O)c1ccc(S(C)(=O)=O)cc1. The fourth-order valence-corrected chi connectivity index (χ4v) is 4.47. The van der Waals surface area contributed by atoms with Gasteiger partial charge < -0.3 is 9.47 Å². The van der Waals surface area contributed by atoms with E-state index in [0.717, 1.165) is 17.6 Å². The first-order chi connectivity index (χ1) is 13.7. The van der Waals surface area contributed by atoms with Gasteiger partial charge in [0, 0.05) is 21.9 Å². The molecule has 0 N–H and O–H groups in total. The summed E-state index contributed by atoms with van der Waals surface area (Å²) in [6.07, 6.45) is 1.06. The van der Waals surface area contributed by atoms with Gasteiger partial charge in [0.1, 0.15) is 17.3 Å². The lowest BCUT2D eigenvalue weighted by Crippen LogP contribution is -2.10. The van der Waals surface area contributed by atoms with Gasteiger partial charge in [-0.25, -0.2) is 22.4 Å². The number of carbonyl (C=O) groups excluding carboxylic acids is 2. The summed E-state index contributed by atoms with van der Waals surface area (Å²) < 4.78 is 48.2. The van der Waals surface area contributed by atoms with Crippen LogP contribution in [0.4, 0.5) is 4.39 Å². The van der Waals surface area contributed by atoms with Crippen molar-refractivity contribution in [3.05, 3.63) is 64.3 Å². The van der Waals surface area contributed by atoms with Crippen LogP contribution in [0.5, 0.6) is 0 Å². The highest BCUT2D eigenvalue weighted by Crippen LogP contribution is 2.34. The molecule has 0 radical (unpaired) electrons. The Morgan fingerprint density at radius 3 is 2.34 bits per heavy atom. The number of sulfone groups is 1. The molecule has 0 aliphatic carbocycles. The van der Waals surface area contributed by atoms with Gasteiger partial charge in [0.15, 0.2) is 9.84 Å². The molecule has 152 valence electrons. The zero-order valence-corrected chi connectivity index (χ0v) is 17.2. The third-order valence-electron chi connectivity index (χ3n) is 4.09. The maximum Gasteiger partial charge on any atom is 0.348 e. The molecule has 0 unspecified atom stereocenters. The van der Waals surface area contributed by atoms with Crippen LogP contribution in [0.1, 0.15) is 32.5 Å². The van der Waals surface area contributed by atoms with Crippen LogP contribution in [0.15, 0.2) is 47.4 Å². The Morgan fingerprint density at radius 2 is 1.72 bits per heavy atom. The highest BCUT2D eigenvalue weighted by molar-refractivity contribution is 7.90. The van der Waals surface area contributed by atoms with Gasteiger partial charge in [-0.1, -0.05) is 6.07 Å². The second-order valence-corrected chi connectivity index (χ2v) is 9.18. The first kappa shape index (κ1) is 20.9. The standard InChI is InChI=1S/C20H17FO6S2/c1-3-26-20(23)18-14(17-15(21)5-4-6-16(17)28-18)11-27-19(22)12-7-9-13(10-8-12)29(2,24)25/h4-10H,3,11H2,1-2H3. The van der Waals surface area contributed by atoms with Crippen molar-refractivity contribution in [2.75, 3.05) is 12.9 Å². The molecule has 0 atom stereocenters. The van der Waals surface area contributed by atoms with Crippen LogP contribution in [-0.2, 0) is 25.9 Å². The minimum Gasteiger partial charge on any atom is -0.462 e. The van der Waals surface area contributed by atoms with Crippen LogP contribution in [0.3, 0.4) is 0 Å². The van der Waals surface area contributed by atoms with Gasteiger partial charge in [-0.05, 0) is 43.3 Å². The van der Waals surface area contributed by atoms with Crippen molar-refractivity contribution in [1.29, 1.82) is 0 Å². The fraction of sp³-hybridized carbons (Fsp3) is 0.200. The van der Waals surface area contributed by atoms with E-state index in [-0.39, 0.29) is 39.5 Å². The zero-order chi connectivity index (χ0) is 21.2. The maximum absolute atomic E-state index is 14.4. The van der Waals surface area contributed by atoms with E-state index in [0.29, 0.717) is 4.70 Å². The number of halogens is 1. The summed E-state index contributed by atoms with van der Waals surface area (Å²) in [5.41, 5.74) is 0.373. The van der Waals surface area contributed by atoms with Crippen LogP contribution in [0, 0.1) is 5.82 Å². The molecule has 0 saturated carbocycles. The lowest BCUT2D eigenvalue weighted by molar-refractivity contribution is 0.0454. The lowest BCUT2D eigenvalue weighted by Gasteiger charge is -2.08. The maximum atomic E-state index is 14.4. The molecule has 1 aromatic heterocycles. The predicted molar refractivity (Wildman–Crippen MR) is 106 cm³/mol. The van der Waals surface area contributed by atoms with Crippen molar-refractivity contribution in [1.82, 2.24) is 0 Å². The van der Waals surface area contributed by atoms with Crippen molar-refractivity contribution in [3.8, 4) is 0 Å². The number of esters is 2. The molecule has 29 heavy (non-hydrogen) atoms. The van der Waals surface area contributed by atoms with Gasteiger partial charge in [-0.3, -0.25) is 0 Å². The van der Waals surface area contributed by atoms with E-state index < -0.39 is 27.6 Å². The summed E-state index contributed by atoms with van der Waals surface area (Å²) in [6, 6.07) is 9.72. The third-order valence-corrected chi connectivity index (χ3v) is 6.40. The van der Waals surface area contributed by atoms with Crippen molar-refractivity contribution >= 4 is 43.2 Å². The molecule has 0 aliphatic rings.